The summed E-state index contributed by atoms with van der Waals surface area (Å²) in [6.45, 7) is 0. The van der Waals surface area contributed by atoms with E-state index in [1.165, 1.54) is 0 Å². The van der Waals surface area contributed by atoms with Crippen LogP contribution in [0.5, 0.6) is 0 Å². The smallest absolute Gasteiger partial charge is 0.228 e. The number of aromatic nitrogens is 2. The normalized spacial score (nSPS) is 10.5. The van der Waals surface area contributed by atoms with Crippen LogP contribution in [0.25, 0.3) is 10.9 Å². The van der Waals surface area contributed by atoms with Gasteiger partial charge < -0.3 is 10.2 Å². The Bertz CT molecular complexity index is 766. The van der Waals surface area contributed by atoms with Crippen LogP contribution >= 0.6 is 0 Å². The number of benzene rings is 1. The molecule has 0 bridgehead atoms. The first-order valence-corrected chi connectivity index (χ1v) is 6.61. The number of rotatable bonds is 4. The second-order valence-corrected chi connectivity index (χ2v) is 4.64. The molecule has 5 nitrogen and oxygen atoms in total. The van der Waals surface area contributed by atoms with E-state index in [0.29, 0.717) is 6.42 Å². The standard InChI is InChI=1S/C16H15N3O2/c1-21-19-11-12(14-4-2-3-5-15(14)19)10-16(20)18-13-6-8-17-9-7-13/h2-9,11H,10H2,1H3,(H,17,18,20). The van der Waals surface area contributed by atoms with Crippen molar-refractivity contribution in [1.82, 2.24) is 9.71 Å². The van der Waals surface area contributed by atoms with E-state index in [2.05, 4.69) is 10.3 Å². The molecule has 0 aliphatic rings. The Morgan fingerprint density at radius 3 is 2.76 bits per heavy atom. The summed E-state index contributed by atoms with van der Waals surface area (Å²) in [4.78, 5) is 21.3. The first kappa shape index (κ1) is 13.2. The third-order valence-electron chi connectivity index (χ3n) is 3.27. The minimum absolute atomic E-state index is 0.0693. The van der Waals surface area contributed by atoms with Crippen LogP contribution in [0.1, 0.15) is 5.56 Å². The fraction of sp³-hybridized carbons (Fsp3) is 0.125. The minimum atomic E-state index is -0.0693. The number of amides is 1. The monoisotopic (exact) mass is 281 g/mol. The number of nitrogens with one attached hydrogen (secondary N) is 1. The Morgan fingerprint density at radius 2 is 2.00 bits per heavy atom. The fourth-order valence-electron chi connectivity index (χ4n) is 2.32. The summed E-state index contributed by atoms with van der Waals surface area (Å²) in [5.41, 5.74) is 2.62. The van der Waals surface area contributed by atoms with Crippen LogP contribution in [0, 0.1) is 0 Å². The lowest BCUT2D eigenvalue weighted by atomic mass is 10.1. The summed E-state index contributed by atoms with van der Waals surface area (Å²) in [6.07, 6.45) is 5.43. The highest BCUT2D eigenvalue weighted by Crippen LogP contribution is 2.21. The highest BCUT2D eigenvalue weighted by Gasteiger charge is 2.12. The molecule has 2 heterocycles. The van der Waals surface area contributed by atoms with Crippen molar-refractivity contribution in [3.05, 3.63) is 60.6 Å². The number of carbonyl (C=O) groups is 1. The molecule has 0 aliphatic heterocycles. The van der Waals surface area contributed by atoms with Gasteiger partial charge in [-0.2, -0.15) is 4.73 Å². The SMILES string of the molecule is COn1cc(CC(=O)Nc2ccncc2)c2ccccc21. The summed E-state index contributed by atoms with van der Waals surface area (Å²) < 4.78 is 1.67. The van der Waals surface area contributed by atoms with E-state index in [1.54, 1.807) is 36.4 Å². The molecule has 0 spiro atoms. The Hall–Kier alpha value is -2.82. The predicted octanol–water partition coefficient (Wildman–Crippen LogP) is 2.28. The molecule has 0 unspecified atom stereocenters. The van der Waals surface area contributed by atoms with Crippen LogP contribution in [0.4, 0.5) is 5.69 Å². The van der Waals surface area contributed by atoms with Crippen molar-refractivity contribution in [3.63, 3.8) is 0 Å². The molecule has 1 aromatic carbocycles. The van der Waals surface area contributed by atoms with Crippen LogP contribution in [-0.2, 0) is 11.2 Å². The average Bonchev–Trinajstić information content (AvgIpc) is 2.86. The number of hydrogen-bond donors (Lipinski definition) is 1. The van der Waals surface area contributed by atoms with Gasteiger partial charge in [-0.25, -0.2) is 0 Å². The van der Waals surface area contributed by atoms with Crippen LogP contribution in [0.15, 0.2) is 55.0 Å². The van der Waals surface area contributed by atoms with Gasteiger partial charge in [-0.15, -0.1) is 0 Å². The van der Waals surface area contributed by atoms with Crippen LogP contribution in [-0.4, -0.2) is 22.7 Å². The largest absolute Gasteiger partial charge is 0.417 e. The number of anilines is 1. The van der Waals surface area contributed by atoms with Crippen molar-refractivity contribution in [2.24, 2.45) is 0 Å². The molecule has 0 atom stereocenters. The molecule has 0 saturated heterocycles. The zero-order valence-corrected chi connectivity index (χ0v) is 11.6. The number of para-hydroxylation sites is 1. The van der Waals surface area contributed by atoms with Gasteiger partial charge in [-0.05, 0) is 23.8 Å². The van der Waals surface area contributed by atoms with E-state index in [1.807, 2.05) is 30.5 Å². The van der Waals surface area contributed by atoms with E-state index in [-0.39, 0.29) is 5.91 Å². The second kappa shape index (κ2) is 5.66. The highest BCUT2D eigenvalue weighted by atomic mass is 16.6. The van der Waals surface area contributed by atoms with Gasteiger partial charge in [0.1, 0.15) is 7.11 Å². The molecule has 106 valence electrons. The number of carbonyl (C=O) groups excluding carboxylic acids is 1. The summed E-state index contributed by atoms with van der Waals surface area (Å²) in [5.74, 6) is -0.0693. The first-order valence-electron chi connectivity index (χ1n) is 6.61. The number of fused-ring (bicyclic) bond motifs is 1. The van der Waals surface area contributed by atoms with E-state index in [9.17, 15) is 4.79 Å². The number of hydrogen-bond acceptors (Lipinski definition) is 3. The van der Waals surface area contributed by atoms with Gasteiger partial charge in [0, 0.05) is 29.7 Å². The van der Waals surface area contributed by atoms with Gasteiger partial charge >= 0.3 is 0 Å². The predicted molar refractivity (Wildman–Crippen MR) is 81.0 cm³/mol. The molecule has 2 aromatic heterocycles. The van der Waals surface area contributed by atoms with Gasteiger partial charge in [0.2, 0.25) is 5.91 Å². The maximum Gasteiger partial charge on any atom is 0.228 e. The van der Waals surface area contributed by atoms with Crippen molar-refractivity contribution in [2.45, 2.75) is 6.42 Å². The second-order valence-electron chi connectivity index (χ2n) is 4.64. The Labute approximate surface area is 122 Å². The van der Waals surface area contributed by atoms with Gasteiger partial charge in [-0.3, -0.25) is 9.78 Å². The molecule has 0 radical (unpaired) electrons. The van der Waals surface area contributed by atoms with E-state index < -0.39 is 0 Å². The van der Waals surface area contributed by atoms with E-state index in [4.69, 9.17) is 4.84 Å². The number of nitrogens with zero attached hydrogens (tertiary/aromatic N) is 2. The average molecular weight is 281 g/mol. The third kappa shape index (κ3) is 2.72. The lowest BCUT2D eigenvalue weighted by molar-refractivity contribution is -0.115. The minimum Gasteiger partial charge on any atom is -0.417 e. The molecule has 0 fully saturated rings. The summed E-state index contributed by atoms with van der Waals surface area (Å²) in [7, 11) is 1.60. The topological polar surface area (TPSA) is 56.1 Å². The molecule has 0 saturated carbocycles. The van der Waals surface area contributed by atoms with Crippen molar-refractivity contribution < 1.29 is 9.63 Å². The van der Waals surface area contributed by atoms with Crippen molar-refractivity contribution in [1.29, 1.82) is 0 Å². The third-order valence-corrected chi connectivity index (χ3v) is 3.27. The highest BCUT2D eigenvalue weighted by molar-refractivity contribution is 5.95. The van der Waals surface area contributed by atoms with Crippen LogP contribution < -0.4 is 10.2 Å². The molecule has 0 aliphatic carbocycles. The maximum absolute atomic E-state index is 12.1. The van der Waals surface area contributed by atoms with E-state index in [0.717, 1.165) is 22.2 Å². The molecule has 1 amide bonds. The number of pyridine rings is 1. The van der Waals surface area contributed by atoms with Gasteiger partial charge in [-0.1, -0.05) is 18.2 Å². The van der Waals surface area contributed by atoms with Crippen molar-refractivity contribution in [3.8, 4) is 0 Å². The molecular weight excluding hydrogens is 266 g/mol. The van der Waals surface area contributed by atoms with Crippen LogP contribution in [0.3, 0.4) is 0 Å². The summed E-state index contributed by atoms with van der Waals surface area (Å²) in [5, 5.41) is 3.87. The Kier molecular flexibility index (Phi) is 3.55. The quantitative estimate of drug-likeness (QED) is 0.798. The lowest BCUT2D eigenvalue weighted by Gasteiger charge is -2.03. The van der Waals surface area contributed by atoms with Gasteiger partial charge in [0.15, 0.2) is 0 Å². The molecule has 5 heteroatoms. The molecule has 1 N–H and O–H groups in total. The molecule has 3 rings (SSSR count). The molecule has 21 heavy (non-hydrogen) atoms. The van der Waals surface area contributed by atoms with Gasteiger partial charge in [0.05, 0.1) is 11.9 Å². The zero-order chi connectivity index (χ0) is 14.7. The van der Waals surface area contributed by atoms with Crippen molar-refractivity contribution in [2.75, 3.05) is 12.4 Å². The van der Waals surface area contributed by atoms with Crippen molar-refractivity contribution >= 4 is 22.5 Å². The Balaban J connectivity index is 1.83. The fourth-order valence-corrected chi connectivity index (χ4v) is 2.32. The Morgan fingerprint density at radius 1 is 1.24 bits per heavy atom. The maximum atomic E-state index is 12.1. The summed E-state index contributed by atoms with van der Waals surface area (Å²) >= 11 is 0. The van der Waals surface area contributed by atoms with E-state index >= 15 is 0 Å². The first-order chi connectivity index (χ1) is 10.3. The molecular formula is C16H15N3O2. The zero-order valence-electron chi connectivity index (χ0n) is 11.6. The van der Waals surface area contributed by atoms with Gasteiger partial charge in [0.25, 0.3) is 0 Å². The van der Waals surface area contributed by atoms with Crippen LogP contribution in [0.2, 0.25) is 0 Å². The lowest BCUT2D eigenvalue weighted by Crippen LogP contribution is -2.14. The summed E-state index contributed by atoms with van der Waals surface area (Å²) in [6, 6.07) is 11.4. The molecule has 3 aromatic rings.